The van der Waals surface area contributed by atoms with E-state index in [1.54, 1.807) is 0 Å². The fourth-order valence-corrected chi connectivity index (χ4v) is 3.74. The Hall–Kier alpha value is -0.610. The number of rotatable bonds is 4. The molecule has 2 heterocycles. The second kappa shape index (κ2) is 6.44. The Morgan fingerprint density at radius 2 is 1.65 bits per heavy atom. The highest BCUT2D eigenvalue weighted by atomic mass is 16.5. The van der Waals surface area contributed by atoms with Crippen LogP contribution in [0.4, 0.5) is 0 Å². The van der Waals surface area contributed by atoms with Crippen LogP contribution in [0.5, 0.6) is 0 Å². The fraction of sp³-hybridized carbons (Fsp3) is 0.938. The Morgan fingerprint density at radius 3 is 2.10 bits per heavy atom. The lowest BCUT2D eigenvalue weighted by atomic mass is 9.73. The summed E-state index contributed by atoms with van der Waals surface area (Å²) in [5, 5.41) is 0. The summed E-state index contributed by atoms with van der Waals surface area (Å²) in [5.41, 5.74) is 6.06. The zero-order valence-electron chi connectivity index (χ0n) is 13.1. The summed E-state index contributed by atoms with van der Waals surface area (Å²) in [4.78, 5) is 15.0. The van der Waals surface area contributed by atoms with Crippen molar-refractivity contribution in [2.45, 2.75) is 52.4 Å². The third-order valence-corrected chi connectivity index (χ3v) is 5.91. The van der Waals surface area contributed by atoms with Crippen LogP contribution in [0, 0.1) is 10.8 Å². The predicted octanol–water partition coefficient (Wildman–Crippen LogP) is 2.17. The van der Waals surface area contributed by atoms with Gasteiger partial charge in [-0.15, -0.1) is 0 Å². The summed E-state index contributed by atoms with van der Waals surface area (Å²) in [7, 11) is 0. The van der Waals surface area contributed by atoms with Crippen molar-refractivity contribution in [2.75, 3.05) is 32.8 Å². The number of nitrogens with zero attached hydrogens (tertiary/aromatic N) is 1. The number of amides is 1. The van der Waals surface area contributed by atoms with E-state index in [2.05, 4.69) is 18.7 Å². The van der Waals surface area contributed by atoms with Gasteiger partial charge in [0.05, 0.1) is 5.41 Å². The molecule has 0 aliphatic carbocycles. The summed E-state index contributed by atoms with van der Waals surface area (Å²) in [6.07, 6.45) is 6.30. The third kappa shape index (κ3) is 2.86. The van der Waals surface area contributed by atoms with Gasteiger partial charge >= 0.3 is 0 Å². The van der Waals surface area contributed by atoms with Gasteiger partial charge in [0.15, 0.2) is 0 Å². The quantitative estimate of drug-likeness (QED) is 0.860. The second-order valence-corrected chi connectivity index (χ2v) is 6.60. The maximum Gasteiger partial charge on any atom is 0.230 e. The molecular weight excluding hydrogens is 252 g/mol. The normalized spacial score (nSPS) is 25.4. The van der Waals surface area contributed by atoms with E-state index < -0.39 is 0 Å². The number of ether oxygens (including phenoxy) is 1. The molecular formula is C16H30N2O2. The van der Waals surface area contributed by atoms with Crippen LogP contribution >= 0.6 is 0 Å². The van der Waals surface area contributed by atoms with Crippen LogP contribution in [0.2, 0.25) is 0 Å². The number of carbonyl (C=O) groups is 1. The second-order valence-electron chi connectivity index (χ2n) is 6.60. The van der Waals surface area contributed by atoms with Gasteiger partial charge in [-0.1, -0.05) is 26.7 Å². The van der Waals surface area contributed by atoms with Crippen LogP contribution in [-0.4, -0.2) is 43.7 Å². The van der Waals surface area contributed by atoms with Crippen LogP contribution in [0.1, 0.15) is 52.4 Å². The Morgan fingerprint density at radius 1 is 1.10 bits per heavy atom. The van der Waals surface area contributed by atoms with Gasteiger partial charge in [-0.05, 0) is 31.1 Å². The van der Waals surface area contributed by atoms with Crippen LogP contribution < -0.4 is 5.73 Å². The molecule has 0 atom stereocenters. The lowest BCUT2D eigenvalue weighted by Gasteiger charge is -2.45. The van der Waals surface area contributed by atoms with Crippen LogP contribution in [-0.2, 0) is 9.53 Å². The Bertz CT molecular complexity index is 323. The van der Waals surface area contributed by atoms with E-state index in [-0.39, 0.29) is 11.3 Å². The molecule has 2 aliphatic rings. The van der Waals surface area contributed by atoms with Crippen molar-refractivity contribution < 1.29 is 9.53 Å². The monoisotopic (exact) mass is 282 g/mol. The minimum Gasteiger partial charge on any atom is -0.381 e. The van der Waals surface area contributed by atoms with Crippen LogP contribution in [0.3, 0.4) is 0 Å². The molecule has 0 saturated carbocycles. The van der Waals surface area contributed by atoms with E-state index in [1.165, 1.54) is 12.8 Å². The molecule has 20 heavy (non-hydrogen) atoms. The van der Waals surface area contributed by atoms with Gasteiger partial charge in [0.2, 0.25) is 5.91 Å². The van der Waals surface area contributed by atoms with Crippen molar-refractivity contribution >= 4 is 5.91 Å². The van der Waals surface area contributed by atoms with Crippen molar-refractivity contribution in [1.29, 1.82) is 0 Å². The van der Waals surface area contributed by atoms with Crippen molar-refractivity contribution in [3.63, 3.8) is 0 Å². The van der Waals surface area contributed by atoms with Crippen molar-refractivity contribution in [2.24, 2.45) is 16.6 Å². The number of nitrogens with two attached hydrogens (primary N) is 1. The average molecular weight is 282 g/mol. The van der Waals surface area contributed by atoms with Gasteiger partial charge < -0.3 is 15.4 Å². The summed E-state index contributed by atoms with van der Waals surface area (Å²) < 4.78 is 5.41. The summed E-state index contributed by atoms with van der Waals surface area (Å²) in [6.45, 7) is 8.17. The van der Waals surface area contributed by atoms with E-state index in [4.69, 9.17) is 10.5 Å². The minimum absolute atomic E-state index is 0.282. The van der Waals surface area contributed by atoms with Crippen LogP contribution in [0.15, 0.2) is 0 Å². The van der Waals surface area contributed by atoms with E-state index in [9.17, 15) is 4.79 Å². The highest BCUT2D eigenvalue weighted by Crippen LogP contribution is 2.40. The first-order chi connectivity index (χ1) is 9.61. The topological polar surface area (TPSA) is 55.6 Å². The van der Waals surface area contributed by atoms with Crippen LogP contribution in [0.25, 0.3) is 0 Å². The third-order valence-electron chi connectivity index (χ3n) is 5.91. The lowest BCUT2D eigenvalue weighted by Crippen LogP contribution is -2.53. The molecule has 0 radical (unpaired) electrons. The van der Waals surface area contributed by atoms with Gasteiger partial charge in [0.1, 0.15) is 0 Å². The highest BCUT2D eigenvalue weighted by Gasteiger charge is 2.43. The molecule has 2 fully saturated rings. The predicted molar refractivity (Wildman–Crippen MR) is 80.4 cm³/mol. The van der Waals surface area contributed by atoms with Gasteiger partial charge in [-0.2, -0.15) is 0 Å². The number of hydrogen-bond donors (Lipinski definition) is 1. The van der Waals surface area contributed by atoms with Crippen molar-refractivity contribution in [1.82, 2.24) is 4.90 Å². The van der Waals surface area contributed by atoms with Gasteiger partial charge in [-0.25, -0.2) is 0 Å². The molecule has 2 N–H and O–H groups in total. The molecule has 0 aromatic rings. The SMILES string of the molecule is CCC1(CC)CCN(C(=O)C2(CN)CCOCC2)CC1. The standard InChI is InChI=1S/C16H30N2O2/c1-3-15(4-2)5-9-18(10-6-15)14(19)16(13-17)7-11-20-12-8-16/h3-13,17H2,1-2H3. The Kier molecular flexibility index (Phi) is 5.08. The largest absolute Gasteiger partial charge is 0.381 e. The molecule has 0 unspecified atom stereocenters. The first-order valence-corrected chi connectivity index (χ1v) is 8.18. The Balaban J connectivity index is 2.00. The summed E-state index contributed by atoms with van der Waals surface area (Å²) >= 11 is 0. The number of piperidine rings is 1. The smallest absolute Gasteiger partial charge is 0.230 e. The highest BCUT2D eigenvalue weighted by molar-refractivity contribution is 5.83. The molecule has 0 spiro atoms. The van der Waals surface area contributed by atoms with E-state index in [0.717, 1.165) is 38.8 Å². The lowest BCUT2D eigenvalue weighted by molar-refractivity contribution is -0.149. The molecule has 0 bridgehead atoms. The Labute approximate surface area is 123 Å². The maximum atomic E-state index is 12.9. The zero-order valence-corrected chi connectivity index (χ0v) is 13.1. The number of likely N-dealkylation sites (tertiary alicyclic amines) is 1. The van der Waals surface area contributed by atoms with Crippen molar-refractivity contribution in [3.05, 3.63) is 0 Å². The fourth-order valence-electron chi connectivity index (χ4n) is 3.74. The summed E-state index contributed by atoms with van der Waals surface area (Å²) in [6, 6.07) is 0. The zero-order chi connectivity index (χ0) is 14.6. The molecule has 2 saturated heterocycles. The van der Waals surface area contributed by atoms with Gasteiger partial charge in [0.25, 0.3) is 0 Å². The average Bonchev–Trinajstić information content (AvgIpc) is 2.55. The minimum atomic E-state index is -0.351. The molecule has 0 aromatic carbocycles. The number of carbonyl (C=O) groups excluding carboxylic acids is 1. The molecule has 0 aromatic heterocycles. The van der Waals surface area contributed by atoms with Crippen molar-refractivity contribution in [3.8, 4) is 0 Å². The van der Waals surface area contributed by atoms with E-state index in [0.29, 0.717) is 25.2 Å². The molecule has 2 rings (SSSR count). The molecule has 2 aliphatic heterocycles. The van der Waals surface area contributed by atoms with E-state index >= 15 is 0 Å². The number of hydrogen-bond acceptors (Lipinski definition) is 3. The van der Waals surface area contributed by atoms with Gasteiger partial charge in [-0.3, -0.25) is 4.79 Å². The molecule has 116 valence electrons. The summed E-state index contributed by atoms with van der Waals surface area (Å²) in [5.74, 6) is 0.282. The first-order valence-electron chi connectivity index (χ1n) is 8.18. The molecule has 4 nitrogen and oxygen atoms in total. The van der Waals surface area contributed by atoms with E-state index in [1.807, 2.05) is 0 Å². The first kappa shape index (κ1) is 15.8. The molecule has 1 amide bonds. The molecule has 4 heteroatoms. The van der Waals surface area contributed by atoms with Gasteiger partial charge in [0, 0.05) is 32.8 Å². The maximum absolute atomic E-state index is 12.9.